The number of anilines is 1. The van der Waals surface area contributed by atoms with E-state index in [-0.39, 0.29) is 17.3 Å². The number of aryl methyl sites for hydroxylation is 3. The first kappa shape index (κ1) is 32.4. The molecule has 220 valence electrons. The molecule has 0 aliphatic carbocycles. The summed E-state index contributed by atoms with van der Waals surface area (Å²) in [6, 6.07) is 16.0. The fourth-order valence-corrected chi connectivity index (χ4v) is 6.23. The second-order valence-corrected chi connectivity index (χ2v) is 12.9. The highest BCUT2D eigenvalue weighted by Gasteiger charge is 2.33. The molecule has 0 aliphatic heterocycles. The largest absolute Gasteiger partial charge is 0.354 e. The van der Waals surface area contributed by atoms with Gasteiger partial charge in [-0.25, -0.2) is 8.42 Å². The molecule has 7 nitrogen and oxygen atoms in total. The van der Waals surface area contributed by atoms with Gasteiger partial charge in [0.25, 0.3) is 10.0 Å². The van der Waals surface area contributed by atoms with Gasteiger partial charge in [-0.15, -0.1) is 0 Å². The van der Waals surface area contributed by atoms with E-state index in [4.69, 9.17) is 23.2 Å². The van der Waals surface area contributed by atoms with E-state index in [1.807, 2.05) is 32.9 Å². The number of sulfonamides is 1. The molecule has 0 fully saturated rings. The molecular formula is C31H37Cl2N3O4S. The van der Waals surface area contributed by atoms with Crippen LogP contribution in [0, 0.1) is 20.8 Å². The molecule has 0 saturated heterocycles. The number of rotatable bonds is 12. The van der Waals surface area contributed by atoms with Gasteiger partial charge in [0.05, 0.1) is 10.6 Å². The van der Waals surface area contributed by atoms with Gasteiger partial charge < -0.3 is 10.2 Å². The number of carbonyl (C=O) groups is 2. The van der Waals surface area contributed by atoms with Crippen molar-refractivity contribution in [2.75, 3.05) is 17.4 Å². The maximum Gasteiger partial charge on any atom is 0.264 e. The van der Waals surface area contributed by atoms with Crippen LogP contribution in [0.1, 0.15) is 48.9 Å². The molecule has 41 heavy (non-hydrogen) atoms. The van der Waals surface area contributed by atoms with Gasteiger partial charge in [-0.3, -0.25) is 13.9 Å². The van der Waals surface area contributed by atoms with Crippen LogP contribution in [0.25, 0.3) is 0 Å². The number of unbranched alkanes of at least 4 members (excludes halogenated alkanes) is 1. The van der Waals surface area contributed by atoms with Crippen LogP contribution in [-0.2, 0) is 26.2 Å². The zero-order valence-electron chi connectivity index (χ0n) is 24.1. The first-order valence-corrected chi connectivity index (χ1v) is 15.7. The van der Waals surface area contributed by atoms with E-state index in [1.165, 1.54) is 17.0 Å². The molecule has 0 unspecified atom stereocenters. The second kappa shape index (κ2) is 14.2. The summed E-state index contributed by atoms with van der Waals surface area (Å²) in [4.78, 5) is 28.6. The summed E-state index contributed by atoms with van der Waals surface area (Å²) >= 11 is 12.5. The molecule has 0 radical (unpaired) electrons. The molecule has 0 heterocycles. The number of nitrogens with one attached hydrogen (secondary N) is 1. The lowest BCUT2D eigenvalue weighted by molar-refractivity contribution is -0.139. The standard InChI is InChI=1S/C31H37Cl2N3O4S/c1-6-7-16-34-31(38)24(5)35(19-25-12-13-26(32)18-28(25)33)30(37)20-36(29-17-22(3)8-11-23(29)4)41(39,40)27-14-9-21(2)10-15-27/h8-15,17-18,24H,6-7,16,19-20H2,1-5H3,(H,34,38)/t24-/m0/s1. The first-order chi connectivity index (χ1) is 19.3. The molecular weight excluding hydrogens is 581 g/mol. The summed E-state index contributed by atoms with van der Waals surface area (Å²) in [5, 5.41) is 3.65. The van der Waals surface area contributed by atoms with Crippen LogP contribution in [0.4, 0.5) is 5.69 Å². The predicted octanol–water partition coefficient (Wildman–Crippen LogP) is 6.45. The van der Waals surface area contributed by atoms with Gasteiger partial charge in [-0.1, -0.05) is 72.4 Å². The fourth-order valence-electron chi connectivity index (χ4n) is 4.29. The molecule has 0 aromatic heterocycles. The Kier molecular flexibility index (Phi) is 11.2. The number of benzene rings is 3. The predicted molar refractivity (Wildman–Crippen MR) is 166 cm³/mol. The van der Waals surface area contributed by atoms with E-state index in [0.29, 0.717) is 33.4 Å². The van der Waals surface area contributed by atoms with E-state index in [2.05, 4.69) is 5.32 Å². The summed E-state index contributed by atoms with van der Waals surface area (Å²) in [6.07, 6.45) is 1.70. The van der Waals surface area contributed by atoms with Crippen molar-refractivity contribution in [1.29, 1.82) is 0 Å². The third-order valence-corrected chi connectivity index (χ3v) is 9.23. The molecule has 0 bridgehead atoms. The highest BCUT2D eigenvalue weighted by Crippen LogP contribution is 2.29. The lowest BCUT2D eigenvalue weighted by Gasteiger charge is -2.32. The molecule has 0 spiro atoms. The molecule has 0 aliphatic rings. The van der Waals surface area contributed by atoms with E-state index in [9.17, 15) is 18.0 Å². The van der Waals surface area contributed by atoms with Crippen molar-refractivity contribution in [2.24, 2.45) is 0 Å². The smallest absolute Gasteiger partial charge is 0.264 e. The van der Waals surface area contributed by atoms with Crippen LogP contribution in [0.5, 0.6) is 0 Å². The van der Waals surface area contributed by atoms with Crippen LogP contribution in [0.2, 0.25) is 10.0 Å². The van der Waals surface area contributed by atoms with Crippen molar-refractivity contribution < 1.29 is 18.0 Å². The van der Waals surface area contributed by atoms with Crippen molar-refractivity contribution in [3.05, 3.63) is 93.0 Å². The van der Waals surface area contributed by atoms with E-state index in [1.54, 1.807) is 50.2 Å². The van der Waals surface area contributed by atoms with Gasteiger partial charge in [0, 0.05) is 23.1 Å². The Bertz CT molecular complexity index is 1490. The van der Waals surface area contributed by atoms with Gasteiger partial charge in [-0.2, -0.15) is 0 Å². The van der Waals surface area contributed by atoms with Crippen LogP contribution in [-0.4, -0.2) is 44.3 Å². The Morgan fingerprint density at radius 1 is 0.927 bits per heavy atom. The van der Waals surface area contributed by atoms with Crippen molar-refractivity contribution in [3.63, 3.8) is 0 Å². The number of hydrogen-bond acceptors (Lipinski definition) is 4. The average molecular weight is 619 g/mol. The first-order valence-electron chi connectivity index (χ1n) is 13.5. The van der Waals surface area contributed by atoms with Crippen molar-refractivity contribution in [3.8, 4) is 0 Å². The van der Waals surface area contributed by atoms with E-state index in [0.717, 1.165) is 28.3 Å². The molecule has 3 aromatic carbocycles. The number of hydrogen-bond donors (Lipinski definition) is 1. The Hall–Kier alpha value is -3.07. The Balaban J connectivity index is 2.06. The summed E-state index contributed by atoms with van der Waals surface area (Å²) in [5.41, 5.74) is 3.42. The van der Waals surface area contributed by atoms with E-state index >= 15 is 0 Å². The Morgan fingerprint density at radius 3 is 2.22 bits per heavy atom. The molecule has 3 rings (SSSR count). The Labute approximate surface area is 253 Å². The van der Waals surface area contributed by atoms with Crippen LogP contribution >= 0.6 is 23.2 Å². The number of halogens is 2. The third kappa shape index (κ3) is 8.24. The third-order valence-electron chi connectivity index (χ3n) is 6.87. The van der Waals surface area contributed by atoms with Gasteiger partial charge in [0.15, 0.2) is 0 Å². The molecule has 3 aromatic rings. The summed E-state index contributed by atoms with van der Waals surface area (Å²) in [5.74, 6) is -0.887. The van der Waals surface area contributed by atoms with Crippen molar-refractivity contribution in [1.82, 2.24) is 10.2 Å². The number of amides is 2. The lowest BCUT2D eigenvalue weighted by atomic mass is 10.1. The van der Waals surface area contributed by atoms with Gasteiger partial charge in [-0.05, 0) is 81.1 Å². The number of nitrogens with zero attached hydrogens (tertiary/aromatic N) is 2. The molecule has 0 saturated carbocycles. The lowest BCUT2D eigenvalue weighted by Crippen LogP contribution is -2.51. The minimum absolute atomic E-state index is 0.0115. The molecule has 1 atom stereocenters. The fraction of sp³-hybridized carbons (Fsp3) is 0.355. The normalized spacial score (nSPS) is 12.1. The minimum Gasteiger partial charge on any atom is -0.354 e. The highest BCUT2D eigenvalue weighted by molar-refractivity contribution is 7.92. The summed E-state index contributed by atoms with van der Waals surface area (Å²) in [6.45, 7) is 9.12. The van der Waals surface area contributed by atoms with Gasteiger partial charge >= 0.3 is 0 Å². The van der Waals surface area contributed by atoms with Gasteiger partial charge in [0.2, 0.25) is 11.8 Å². The SMILES string of the molecule is CCCCNC(=O)[C@H](C)N(Cc1ccc(Cl)cc1Cl)C(=O)CN(c1cc(C)ccc1C)S(=O)(=O)c1ccc(C)cc1. The highest BCUT2D eigenvalue weighted by atomic mass is 35.5. The summed E-state index contributed by atoms with van der Waals surface area (Å²) in [7, 11) is -4.15. The van der Waals surface area contributed by atoms with Crippen LogP contribution in [0.15, 0.2) is 65.6 Å². The maximum atomic E-state index is 14.1. The van der Waals surface area contributed by atoms with Crippen LogP contribution in [0.3, 0.4) is 0 Å². The molecule has 2 amide bonds. The Morgan fingerprint density at radius 2 is 1.59 bits per heavy atom. The van der Waals surface area contributed by atoms with Crippen molar-refractivity contribution >= 4 is 50.7 Å². The minimum atomic E-state index is -4.15. The van der Waals surface area contributed by atoms with Gasteiger partial charge in [0.1, 0.15) is 12.6 Å². The zero-order valence-corrected chi connectivity index (χ0v) is 26.4. The van der Waals surface area contributed by atoms with E-state index < -0.39 is 28.5 Å². The zero-order chi connectivity index (χ0) is 30.3. The monoisotopic (exact) mass is 617 g/mol. The number of carbonyl (C=O) groups excluding carboxylic acids is 2. The van der Waals surface area contributed by atoms with Crippen molar-refractivity contribution in [2.45, 2.75) is 64.9 Å². The average Bonchev–Trinajstić information content (AvgIpc) is 2.92. The molecule has 10 heteroatoms. The summed E-state index contributed by atoms with van der Waals surface area (Å²) < 4.78 is 29.2. The topological polar surface area (TPSA) is 86.8 Å². The quantitative estimate of drug-likeness (QED) is 0.237. The molecule has 1 N–H and O–H groups in total. The second-order valence-electron chi connectivity index (χ2n) is 10.2. The maximum absolute atomic E-state index is 14.1. The van der Waals surface area contributed by atoms with Crippen LogP contribution < -0.4 is 9.62 Å².